The number of hydrogen-bond donors (Lipinski definition) is 1. The molecule has 0 radical (unpaired) electrons. The van der Waals surface area contributed by atoms with Crippen molar-refractivity contribution in [3.05, 3.63) is 89.8 Å². The number of amides is 1. The number of nitrogens with zero attached hydrogens (tertiary/aromatic N) is 4. The van der Waals surface area contributed by atoms with Crippen LogP contribution < -0.4 is 8.92 Å². The zero-order chi connectivity index (χ0) is 26.0. The molecule has 10 nitrogen and oxygen atoms in total. The molecule has 1 N–H and O–H groups in total. The van der Waals surface area contributed by atoms with Gasteiger partial charge in [-0.15, -0.1) is 0 Å². The summed E-state index contributed by atoms with van der Waals surface area (Å²) in [5.74, 6) is -0.550. The van der Waals surface area contributed by atoms with Crippen molar-refractivity contribution in [3.8, 4) is 11.5 Å². The van der Waals surface area contributed by atoms with Crippen molar-refractivity contribution < 1.29 is 22.1 Å². The van der Waals surface area contributed by atoms with Gasteiger partial charge in [0.15, 0.2) is 17.3 Å². The molecule has 5 rings (SSSR count). The number of ether oxygens (including phenoxy) is 1. The number of carbonyl (C=O) groups excluding carboxylic acids is 1. The van der Waals surface area contributed by atoms with Crippen LogP contribution in [0, 0.1) is 5.41 Å². The number of amidine groups is 2. The van der Waals surface area contributed by atoms with Crippen molar-refractivity contribution in [1.29, 1.82) is 5.41 Å². The predicted octanol–water partition coefficient (Wildman–Crippen LogP) is 3.92. The van der Waals surface area contributed by atoms with E-state index in [1.165, 1.54) is 47.1 Å². The molecule has 0 aliphatic carbocycles. The lowest BCUT2D eigenvalue weighted by molar-refractivity contribution is -0.114. The standard InChI is InChI=1S/C25H19N5O5S2/c1-2-34-21-14-16(10-11-20(21)35-37(32,33)18-8-4-3-5-9-18)13-19-22(26)30-25(28-23(19)31)36-24(29-30)17-7-6-12-27-15-17/h3-15,26H,2H2,1H3/b19-13-,26-22?. The van der Waals surface area contributed by atoms with Gasteiger partial charge in [0, 0.05) is 18.0 Å². The molecule has 1 amide bonds. The maximum atomic E-state index is 12.8. The fourth-order valence-electron chi connectivity index (χ4n) is 3.47. The van der Waals surface area contributed by atoms with Gasteiger partial charge in [-0.25, -0.2) is 0 Å². The first-order valence-corrected chi connectivity index (χ1v) is 13.2. The van der Waals surface area contributed by atoms with Crippen LogP contribution in [0.3, 0.4) is 0 Å². The molecule has 3 heterocycles. The van der Waals surface area contributed by atoms with Gasteiger partial charge in [-0.3, -0.25) is 15.2 Å². The van der Waals surface area contributed by atoms with E-state index in [1.807, 2.05) is 6.07 Å². The summed E-state index contributed by atoms with van der Waals surface area (Å²) in [6, 6.07) is 15.9. The van der Waals surface area contributed by atoms with Crippen LogP contribution >= 0.6 is 11.8 Å². The van der Waals surface area contributed by atoms with Gasteiger partial charge in [0.1, 0.15) is 9.94 Å². The molecule has 2 aliphatic heterocycles. The molecule has 0 saturated heterocycles. The first-order chi connectivity index (χ1) is 17.9. The van der Waals surface area contributed by atoms with Crippen molar-refractivity contribution in [2.24, 2.45) is 10.1 Å². The lowest BCUT2D eigenvalue weighted by Crippen LogP contribution is -2.35. The second kappa shape index (κ2) is 9.99. The number of aromatic nitrogens is 1. The minimum absolute atomic E-state index is 0.000127. The van der Waals surface area contributed by atoms with Crippen LogP contribution in [-0.4, -0.2) is 47.0 Å². The predicted molar refractivity (Wildman–Crippen MR) is 140 cm³/mol. The van der Waals surface area contributed by atoms with E-state index in [4.69, 9.17) is 14.3 Å². The van der Waals surface area contributed by atoms with Gasteiger partial charge in [0.25, 0.3) is 5.91 Å². The van der Waals surface area contributed by atoms with Gasteiger partial charge in [-0.2, -0.15) is 23.5 Å². The Hall–Kier alpha value is -4.29. The van der Waals surface area contributed by atoms with Crippen molar-refractivity contribution in [1.82, 2.24) is 9.99 Å². The Labute approximate surface area is 217 Å². The van der Waals surface area contributed by atoms with Gasteiger partial charge >= 0.3 is 10.1 Å². The third kappa shape index (κ3) is 5.01. The third-order valence-electron chi connectivity index (χ3n) is 5.17. The quantitative estimate of drug-likeness (QED) is 0.357. The number of hydrazone groups is 1. The molecule has 2 aromatic carbocycles. The first-order valence-electron chi connectivity index (χ1n) is 11.0. The van der Waals surface area contributed by atoms with Crippen LogP contribution in [0.1, 0.15) is 18.1 Å². The van der Waals surface area contributed by atoms with Crippen molar-refractivity contribution in [2.75, 3.05) is 6.61 Å². The van der Waals surface area contributed by atoms with E-state index in [9.17, 15) is 13.2 Å². The number of hydrogen-bond acceptors (Lipinski definition) is 9. The fourth-order valence-corrected chi connectivity index (χ4v) is 5.31. The Morgan fingerprint density at radius 3 is 2.62 bits per heavy atom. The summed E-state index contributed by atoms with van der Waals surface area (Å²) in [6.45, 7) is 2.00. The summed E-state index contributed by atoms with van der Waals surface area (Å²) in [4.78, 5) is 21.0. The Bertz CT molecular complexity index is 1590. The zero-order valence-electron chi connectivity index (χ0n) is 19.4. The number of rotatable bonds is 7. The molecule has 0 unspecified atom stereocenters. The van der Waals surface area contributed by atoms with E-state index in [2.05, 4.69) is 15.1 Å². The van der Waals surface area contributed by atoms with Crippen LogP contribution in [0.25, 0.3) is 6.08 Å². The van der Waals surface area contributed by atoms with Gasteiger partial charge in [0.05, 0.1) is 12.2 Å². The summed E-state index contributed by atoms with van der Waals surface area (Å²) in [5.41, 5.74) is 1.26. The number of pyridine rings is 1. The molecular formula is C25H19N5O5S2. The van der Waals surface area contributed by atoms with E-state index >= 15 is 0 Å². The highest BCUT2D eigenvalue weighted by Gasteiger charge is 2.36. The molecule has 37 heavy (non-hydrogen) atoms. The van der Waals surface area contributed by atoms with Gasteiger partial charge in [-0.1, -0.05) is 24.3 Å². The molecule has 0 bridgehead atoms. The second-order valence-corrected chi connectivity index (χ2v) is 10.2. The van der Waals surface area contributed by atoms with Crippen LogP contribution in [0.4, 0.5) is 0 Å². The number of aliphatic imine (C=N–C) groups is 1. The lowest BCUT2D eigenvalue weighted by atomic mass is 10.1. The molecule has 0 atom stereocenters. The van der Waals surface area contributed by atoms with E-state index < -0.39 is 16.0 Å². The topological polar surface area (TPSA) is 134 Å². The van der Waals surface area contributed by atoms with E-state index in [0.717, 1.165) is 5.56 Å². The Morgan fingerprint density at radius 2 is 1.89 bits per heavy atom. The van der Waals surface area contributed by atoms with E-state index in [1.54, 1.807) is 49.6 Å². The molecule has 2 aliphatic rings. The molecule has 0 spiro atoms. The highest BCUT2D eigenvalue weighted by atomic mass is 32.2. The van der Waals surface area contributed by atoms with E-state index in [-0.39, 0.29) is 39.6 Å². The Balaban J connectivity index is 1.44. The lowest BCUT2D eigenvalue weighted by Gasteiger charge is -2.20. The maximum Gasteiger partial charge on any atom is 0.339 e. The minimum Gasteiger partial charge on any atom is -0.490 e. The number of carbonyl (C=O) groups is 1. The highest BCUT2D eigenvalue weighted by molar-refractivity contribution is 8.27. The average molecular weight is 534 g/mol. The fraction of sp³-hybridized carbons (Fsp3) is 0.0800. The van der Waals surface area contributed by atoms with Gasteiger partial charge in [0.2, 0.25) is 5.17 Å². The number of nitrogens with one attached hydrogen (secondary N) is 1. The first kappa shape index (κ1) is 24.4. The van der Waals surface area contributed by atoms with Crippen molar-refractivity contribution in [2.45, 2.75) is 11.8 Å². The summed E-state index contributed by atoms with van der Waals surface area (Å²) >= 11 is 1.18. The number of thioether (sulfide) groups is 1. The van der Waals surface area contributed by atoms with E-state index in [0.29, 0.717) is 10.6 Å². The van der Waals surface area contributed by atoms with Crippen molar-refractivity contribution >= 4 is 49.9 Å². The number of fused-ring (bicyclic) bond motifs is 1. The molecule has 1 aromatic heterocycles. The summed E-state index contributed by atoms with van der Waals surface area (Å²) in [6.07, 6.45) is 4.76. The van der Waals surface area contributed by atoms with Crippen LogP contribution in [0.5, 0.6) is 11.5 Å². The molecule has 0 fully saturated rings. The van der Waals surface area contributed by atoms with Gasteiger partial charge < -0.3 is 8.92 Å². The Kier molecular flexibility index (Phi) is 6.59. The monoisotopic (exact) mass is 533 g/mol. The normalized spacial score (nSPS) is 16.4. The van der Waals surface area contributed by atoms with Crippen LogP contribution in [-0.2, 0) is 14.9 Å². The zero-order valence-corrected chi connectivity index (χ0v) is 21.0. The summed E-state index contributed by atoms with van der Waals surface area (Å²) < 4.78 is 36.3. The summed E-state index contributed by atoms with van der Waals surface area (Å²) in [7, 11) is -4.08. The maximum absolute atomic E-state index is 12.8. The highest BCUT2D eigenvalue weighted by Crippen LogP contribution is 2.34. The SMILES string of the molecule is CCOc1cc(/C=C2/C(=N)N3N=C(c4cccnc4)SC3=NC2=O)ccc1OS(=O)(=O)c1ccccc1. The molecule has 186 valence electrons. The largest absolute Gasteiger partial charge is 0.490 e. The molecular weight excluding hydrogens is 514 g/mol. The molecule has 3 aromatic rings. The minimum atomic E-state index is -4.08. The average Bonchev–Trinajstić information content (AvgIpc) is 3.33. The van der Waals surface area contributed by atoms with Gasteiger partial charge in [-0.05, 0) is 66.7 Å². The van der Waals surface area contributed by atoms with Crippen molar-refractivity contribution in [3.63, 3.8) is 0 Å². The van der Waals surface area contributed by atoms with Crippen LogP contribution in [0.15, 0.2) is 93.6 Å². The smallest absolute Gasteiger partial charge is 0.339 e. The molecule has 0 saturated carbocycles. The number of benzene rings is 2. The Morgan fingerprint density at radius 1 is 1.08 bits per heavy atom. The third-order valence-corrected chi connectivity index (χ3v) is 7.38. The van der Waals surface area contributed by atoms with Crippen LogP contribution in [0.2, 0.25) is 0 Å². The summed E-state index contributed by atoms with van der Waals surface area (Å²) in [5, 5.41) is 15.2. The molecule has 12 heteroatoms. The second-order valence-electron chi connectivity index (χ2n) is 7.66.